The maximum absolute atomic E-state index is 11.9. The highest BCUT2D eigenvalue weighted by atomic mass is 32.1. The lowest BCUT2D eigenvalue weighted by molar-refractivity contribution is -0.186. The van der Waals surface area contributed by atoms with Crippen molar-refractivity contribution in [1.82, 2.24) is 9.21 Å². The summed E-state index contributed by atoms with van der Waals surface area (Å²) in [6, 6.07) is 0. The predicted octanol–water partition coefficient (Wildman–Crippen LogP) is 0.538. The lowest BCUT2D eigenvalue weighted by Crippen LogP contribution is -2.50. The molecule has 1 amide bonds. The van der Waals surface area contributed by atoms with Crippen LogP contribution in [0.3, 0.4) is 0 Å². The maximum atomic E-state index is 11.9. The maximum Gasteiger partial charge on any atom is 0.471 e. The molecule has 3 nitrogen and oxygen atoms in total. The zero-order chi connectivity index (χ0) is 10.1. The number of amides is 1. The summed E-state index contributed by atoms with van der Waals surface area (Å²) in [6.07, 6.45) is -4.75. The monoisotopic (exact) mass is 214 g/mol. The van der Waals surface area contributed by atoms with Crippen molar-refractivity contribution in [3.05, 3.63) is 0 Å². The van der Waals surface area contributed by atoms with Gasteiger partial charge in [-0.1, -0.05) is 12.8 Å². The number of carbonyl (C=O) groups excluding carboxylic acids is 1. The van der Waals surface area contributed by atoms with E-state index in [1.165, 1.54) is 0 Å². The highest BCUT2D eigenvalue weighted by molar-refractivity contribution is 7.77. The summed E-state index contributed by atoms with van der Waals surface area (Å²) < 4.78 is 37.3. The standard InChI is InChI=1S/C6H9F3N2OS/c7-6(8,9)5(12)10-1-3-11(13)4-2-10/h13H,1-4H2. The lowest BCUT2D eigenvalue weighted by atomic mass is 10.3. The van der Waals surface area contributed by atoms with E-state index in [9.17, 15) is 18.0 Å². The van der Waals surface area contributed by atoms with Gasteiger partial charge in [-0.05, 0) is 0 Å². The fraction of sp³-hybridized carbons (Fsp3) is 0.833. The molecule has 1 saturated heterocycles. The molecule has 0 bridgehead atoms. The van der Waals surface area contributed by atoms with Crippen LogP contribution in [-0.4, -0.2) is 47.5 Å². The Morgan fingerprint density at radius 2 is 1.62 bits per heavy atom. The van der Waals surface area contributed by atoms with Gasteiger partial charge >= 0.3 is 12.1 Å². The molecule has 76 valence electrons. The number of carbonyl (C=O) groups is 1. The summed E-state index contributed by atoms with van der Waals surface area (Å²) in [4.78, 5) is 11.5. The van der Waals surface area contributed by atoms with E-state index in [1.54, 1.807) is 4.31 Å². The second-order valence-corrected chi connectivity index (χ2v) is 3.31. The van der Waals surface area contributed by atoms with E-state index in [1.807, 2.05) is 0 Å². The number of rotatable bonds is 0. The molecule has 1 rings (SSSR count). The number of piperazine rings is 1. The second kappa shape index (κ2) is 3.75. The van der Waals surface area contributed by atoms with Gasteiger partial charge in [0.25, 0.3) is 0 Å². The SMILES string of the molecule is O=C(N1CCN(S)CC1)C(F)(F)F. The molecule has 0 aromatic carbocycles. The van der Waals surface area contributed by atoms with Gasteiger partial charge in [-0.3, -0.25) is 4.79 Å². The van der Waals surface area contributed by atoms with E-state index >= 15 is 0 Å². The molecular formula is C6H9F3N2OS. The minimum atomic E-state index is -4.75. The van der Waals surface area contributed by atoms with Gasteiger partial charge < -0.3 is 4.90 Å². The Bertz CT molecular complexity index is 201. The van der Waals surface area contributed by atoms with Crippen LogP contribution >= 0.6 is 12.8 Å². The molecule has 0 spiro atoms. The smallest absolute Gasteiger partial charge is 0.332 e. The number of thiol groups is 1. The Balaban J connectivity index is 2.50. The molecule has 0 aromatic heterocycles. The summed E-state index contributed by atoms with van der Waals surface area (Å²) in [5.41, 5.74) is 0. The number of hydrogen-bond donors (Lipinski definition) is 1. The largest absolute Gasteiger partial charge is 0.471 e. The van der Waals surface area contributed by atoms with E-state index in [0.717, 1.165) is 4.90 Å². The van der Waals surface area contributed by atoms with Crippen LogP contribution in [0, 0.1) is 0 Å². The fourth-order valence-corrected chi connectivity index (χ4v) is 1.26. The average molecular weight is 214 g/mol. The van der Waals surface area contributed by atoms with E-state index in [4.69, 9.17) is 0 Å². The van der Waals surface area contributed by atoms with E-state index < -0.39 is 12.1 Å². The highest BCUT2D eigenvalue weighted by Crippen LogP contribution is 2.19. The van der Waals surface area contributed by atoms with Crippen LogP contribution in [0.25, 0.3) is 0 Å². The Morgan fingerprint density at radius 1 is 1.15 bits per heavy atom. The van der Waals surface area contributed by atoms with Crippen molar-refractivity contribution in [2.24, 2.45) is 0 Å². The van der Waals surface area contributed by atoms with Crippen LogP contribution in [0.4, 0.5) is 13.2 Å². The molecular weight excluding hydrogens is 205 g/mol. The molecule has 0 unspecified atom stereocenters. The minimum Gasteiger partial charge on any atom is -0.332 e. The first-order chi connectivity index (χ1) is 5.91. The van der Waals surface area contributed by atoms with Crippen LogP contribution < -0.4 is 0 Å². The van der Waals surface area contributed by atoms with E-state index in [-0.39, 0.29) is 13.1 Å². The third-order valence-electron chi connectivity index (χ3n) is 1.79. The minimum absolute atomic E-state index is 0.0852. The third-order valence-corrected chi connectivity index (χ3v) is 2.19. The molecule has 0 aromatic rings. The van der Waals surface area contributed by atoms with Gasteiger partial charge in [0.2, 0.25) is 0 Å². The first kappa shape index (κ1) is 10.6. The van der Waals surface area contributed by atoms with Gasteiger partial charge in [-0.2, -0.15) is 13.2 Å². The lowest BCUT2D eigenvalue weighted by Gasteiger charge is -2.31. The van der Waals surface area contributed by atoms with Gasteiger partial charge in [0.05, 0.1) is 0 Å². The van der Waals surface area contributed by atoms with Crippen molar-refractivity contribution in [1.29, 1.82) is 0 Å². The third kappa shape index (κ3) is 2.77. The van der Waals surface area contributed by atoms with Crippen molar-refractivity contribution in [2.75, 3.05) is 26.2 Å². The molecule has 1 aliphatic heterocycles. The first-order valence-electron chi connectivity index (χ1n) is 3.71. The molecule has 0 saturated carbocycles. The van der Waals surface area contributed by atoms with Crippen molar-refractivity contribution < 1.29 is 18.0 Å². The van der Waals surface area contributed by atoms with Crippen LogP contribution in [0.5, 0.6) is 0 Å². The molecule has 0 aliphatic carbocycles. The van der Waals surface area contributed by atoms with Gasteiger partial charge in [-0.25, -0.2) is 4.31 Å². The van der Waals surface area contributed by atoms with Crippen LogP contribution in [0.2, 0.25) is 0 Å². The quantitative estimate of drug-likeness (QED) is 0.595. The zero-order valence-electron chi connectivity index (χ0n) is 6.71. The summed E-state index contributed by atoms with van der Waals surface area (Å²) in [6.45, 7) is 0.902. The topological polar surface area (TPSA) is 23.6 Å². The van der Waals surface area contributed by atoms with E-state index in [2.05, 4.69) is 12.8 Å². The number of hydrogen-bond acceptors (Lipinski definition) is 3. The highest BCUT2D eigenvalue weighted by Gasteiger charge is 2.42. The van der Waals surface area contributed by atoms with Gasteiger partial charge in [0.1, 0.15) is 0 Å². The second-order valence-electron chi connectivity index (χ2n) is 2.74. The molecule has 7 heteroatoms. The molecule has 1 fully saturated rings. The zero-order valence-corrected chi connectivity index (χ0v) is 7.61. The summed E-state index contributed by atoms with van der Waals surface area (Å²) in [5.74, 6) is -1.76. The fourth-order valence-electron chi connectivity index (χ4n) is 1.08. The molecule has 1 aliphatic rings. The Kier molecular flexibility index (Phi) is 3.07. The van der Waals surface area contributed by atoms with Crippen molar-refractivity contribution >= 4 is 18.7 Å². The normalized spacial score (nSPS) is 20.5. The molecule has 1 heterocycles. The van der Waals surface area contributed by atoms with Gasteiger partial charge in [0, 0.05) is 26.2 Å². The van der Waals surface area contributed by atoms with Gasteiger partial charge in [-0.15, -0.1) is 0 Å². The van der Waals surface area contributed by atoms with Crippen LogP contribution in [-0.2, 0) is 4.79 Å². The van der Waals surface area contributed by atoms with Crippen molar-refractivity contribution in [3.8, 4) is 0 Å². The Labute approximate surface area is 79.0 Å². The molecule has 0 N–H and O–H groups in total. The Hall–Kier alpha value is -0.430. The van der Waals surface area contributed by atoms with Crippen LogP contribution in [0.1, 0.15) is 0 Å². The summed E-state index contributed by atoms with van der Waals surface area (Å²) in [5, 5.41) is 0. The predicted molar refractivity (Wildman–Crippen MR) is 43.2 cm³/mol. The Morgan fingerprint density at radius 3 is 2.00 bits per heavy atom. The molecule has 0 atom stereocenters. The number of halogens is 3. The average Bonchev–Trinajstić information content (AvgIpc) is 2.03. The number of nitrogens with zero attached hydrogens (tertiary/aromatic N) is 2. The van der Waals surface area contributed by atoms with Gasteiger partial charge in [0.15, 0.2) is 0 Å². The summed E-state index contributed by atoms with van der Waals surface area (Å²) >= 11 is 3.96. The number of alkyl halides is 3. The summed E-state index contributed by atoms with van der Waals surface area (Å²) in [7, 11) is 0. The van der Waals surface area contributed by atoms with Crippen LogP contribution in [0.15, 0.2) is 0 Å². The van der Waals surface area contributed by atoms with E-state index in [0.29, 0.717) is 13.1 Å². The first-order valence-corrected chi connectivity index (χ1v) is 4.11. The molecule has 0 radical (unpaired) electrons. The molecule has 13 heavy (non-hydrogen) atoms. The van der Waals surface area contributed by atoms with Crippen molar-refractivity contribution in [2.45, 2.75) is 6.18 Å². The van der Waals surface area contributed by atoms with Crippen molar-refractivity contribution in [3.63, 3.8) is 0 Å².